The van der Waals surface area contributed by atoms with Crippen LogP contribution in [0.4, 0.5) is 0 Å². The summed E-state index contributed by atoms with van der Waals surface area (Å²) in [6.45, 7) is 0. The summed E-state index contributed by atoms with van der Waals surface area (Å²) in [4.78, 5) is 21.5. The summed E-state index contributed by atoms with van der Waals surface area (Å²) in [7, 11) is 0. The Labute approximate surface area is 110 Å². The van der Waals surface area contributed by atoms with Crippen LogP contribution in [-0.2, 0) is 22.4 Å². The summed E-state index contributed by atoms with van der Waals surface area (Å²) in [6.07, 6.45) is 2.25. The van der Waals surface area contributed by atoms with E-state index in [9.17, 15) is 9.59 Å². The molecule has 0 saturated carbocycles. The van der Waals surface area contributed by atoms with Gasteiger partial charge in [0.05, 0.1) is 6.42 Å². The molecular formula is C15H12O4. The van der Waals surface area contributed by atoms with Gasteiger partial charge in [0.1, 0.15) is 23.6 Å². The molecule has 0 radical (unpaired) electrons. The molecule has 1 aromatic heterocycles. The van der Waals surface area contributed by atoms with Crippen molar-refractivity contribution >= 4 is 12.3 Å². The van der Waals surface area contributed by atoms with E-state index in [0.29, 0.717) is 25.0 Å². The largest absolute Gasteiger partial charge is 0.461 e. The zero-order chi connectivity index (χ0) is 13.2. The second-order valence-corrected chi connectivity index (χ2v) is 4.44. The van der Waals surface area contributed by atoms with Gasteiger partial charge in [-0.05, 0) is 30.3 Å². The van der Waals surface area contributed by atoms with E-state index in [2.05, 4.69) is 0 Å². The highest BCUT2D eigenvalue weighted by Crippen LogP contribution is 2.31. The number of aldehydes is 1. The van der Waals surface area contributed by atoms with Crippen LogP contribution in [0.3, 0.4) is 0 Å². The van der Waals surface area contributed by atoms with Crippen molar-refractivity contribution in [2.75, 3.05) is 0 Å². The normalized spacial score (nSPS) is 13.2. The lowest BCUT2D eigenvalue weighted by Gasteiger charge is -2.00. The highest BCUT2D eigenvalue weighted by Gasteiger charge is 2.20. The molecule has 1 aromatic carbocycles. The minimum absolute atomic E-state index is 0.224. The molecule has 19 heavy (non-hydrogen) atoms. The lowest BCUT2D eigenvalue weighted by molar-refractivity contribution is -0.131. The Balaban J connectivity index is 1.86. The molecule has 0 amide bonds. The molecule has 1 aliphatic rings. The quantitative estimate of drug-likeness (QED) is 0.479. The summed E-state index contributed by atoms with van der Waals surface area (Å²) in [5.74, 6) is 1.93. The van der Waals surface area contributed by atoms with Gasteiger partial charge in [0.15, 0.2) is 0 Å². The molecule has 0 unspecified atom stereocenters. The minimum Gasteiger partial charge on any atom is -0.461 e. The molecule has 4 nitrogen and oxygen atoms in total. The average molecular weight is 256 g/mol. The van der Waals surface area contributed by atoms with Crippen LogP contribution >= 0.6 is 0 Å². The maximum absolute atomic E-state index is 11.2. The third-order valence-corrected chi connectivity index (χ3v) is 3.07. The van der Waals surface area contributed by atoms with E-state index in [1.807, 2.05) is 24.3 Å². The first-order chi connectivity index (χ1) is 9.26. The number of fused-ring (bicyclic) bond motifs is 1. The Hall–Kier alpha value is -2.36. The SMILES string of the molecule is O=CCCc1ccc(-c2ccc3c(c2)CC(=O)O3)o1. The van der Waals surface area contributed by atoms with E-state index in [0.717, 1.165) is 28.9 Å². The molecule has 0 N–H and O–H groups in total. The van der Waals surface area contributed by atoms with Crippen LogP contribution in [0.2, 0.25) is 0 Å². The Kier molecular flexibility index (Phi) is 2.91. The van der Waals surface area contributed by atoms with Gasteiger partial charge in [-0.3, -0.25) is 4.79 Å². The van der Waals surface area contributed by atoms with Crippen LogP contribution in [0.5, 0.6) is 5.75 Å². The molecule has 3 rings (SSSR count). The number of aryl methyl sites for hydroxylation is 1. The van der Waals surface area contributed by atoms with Crippen LogP contribution in [0.15, 0.2) is 34.7 Å². The van der Waals surface area contributed by atoms with Crippen molar-refractivity contribution in [1.82, 2.24) is 0 Å². The van der Waals surface area contributed by atoms with E-state index in [1.165, 1.54) is 0 Å². The first-order valence-electron chi connectivity index (χ1n) is 6.12. The fourth-order valence-electron chi connectivity index (χ4n) is 2.15. The summed E-state index contributed by atoms with van der Waals surface area (Å²) in [6, 6.07) is 9.29. The molecule has 0 atom stereocenters. The lowest BCUT2D eigenvalue weighted by Crippen LogP contribution is -1.99. The van der Waals surface area contributed by atoms with Gasteiger partial charge in [0, 0.05) is 24.0 Å². The van der Waals surface area contributed by atoms with Crippen molar-refractivity contribution in [3.8, 4) is 17.1 Å². The Morgan fingerprint density at radius 3 is 2.95 bits per heavy atom. The Morgan fingerprint density at radius 1 is 1.21 bits per heavy atom. The number of carbonyl (C=O) groups is 2. The van der Waals surface area contributed by atoms with Crippen LogP contribution < -0.4 is 4.74 Å². The predicted molar refractivity (Wildman–Crippen MR) is 67.9 cm³/mol. The number of furan rings is 1. The van der Waals surface area contributed by atoms with E-state index >= 15 is 0 Å². The van der Waals surface area contributed by atoms with E-state index in [4.69, 9.17) is 9.15 Å². The minimum atomic E-state index is -0.224. The fraction of sp³-hybridized carbons (Fsp3) is 0.200. The van der Waals surface area contributed by atoms with Crippen molar-refractivity contribution in [2.45, 2.75) is 19.3 Å². The molecule has 0 saturated heterocycles. The molecule has 0 bridgehead atoms. The number of esters is 1. The van der Waals surface area contributed by atoms with Crippen LogP contribution in [0.25, 0.3) is 11.3 Å². The molecule has 2 heterocycles. The third-order valence-electron chi connectivity index (χ3n) is 3.07. The molecule has 1 aliphatic heterocycles. The van der Waals surface area contributed by atoms with Gasteiger partial charge in [0.25, 0.3) is 0 Å². The summed E-state index contributed by atoms with van der Waals surface area (Å²) >= 11 is 0. The Morgan fingerprint density at radius 2 is 2.11 bits per heavy atom. The van der Waals surface area contributed by atoms with Crippen LogP contribution in [0, 0.1) is 0 Å². The lowest BCUT2D eigenvalue weighted by atomic mass is 10.1. The summed E-state index contributed by atoms with van der Waals surface area (Å²) in [5, 5.41) is 0. The second-order valence-electron chi connectivity index (χ2n) is 4.44. The predicted octanol–water partition coefficient (Wildman–Crippen LogP) is 2.54. The van der Waals surface area contributed by atoms with Crippen molar-refractivity contribution in [1.29, 1.82) is 0 Å². The maximum atomic E-state index is 11.2. The zero-order valence-corrected chi connectivity index (χ0v) is 10.2. The van der Waals surface area contributed by atoms with Gasteiger partial charge in [-0.1, -0.05) is 0 Å². The standard InChI is InChI=1S/C15H12O4/c16-7-1-2-12-4-6-13(18-12)10-3-5-14-11(8-10)9-15(17)19-14/h3-8H,1-2,9H2. The van der Waals surface area contributed by atoms with Gasteiger partial charge in [-0.15, -0.1) is 0 Å². The van der Waals surface area contributed by atoms with Crippen LogP contribution in [-0.4, -0.2) is 12.3 Å². The zero-order valence-electron chi connectivity index (χ0n) is 10.2. The highest BCUT2D eigenvalue weighted by molar-refractivity contribution is 5.82. The van der Waals surface area contributed by atoms with E-state index in [1.54, 1.807) is 6.07 Å². The van der Waals surface area contributed by atoms with Crippen molar-refractivity contribution in [3.63, 3.8) is 0 Å². The molecule has 96 valence electrons. The fourth-order valence-corrected chi connectivity index (χ4v) is 2.15. The molecule has 2 aromatic rings. The molecule has 0 aliphatic carbocycles. The number of carbonyl (C=O) groups excluding carboxylic acids is 2. The number of hydrogen-bond donors (Lipinski definition) is 0. The number of hydrogen-bond acceptors (Lipinski definition) is 4. The number of rotatable bonds is 4. The third kappa shape index (κ3) is 2.29. The van der Waals surface area contributed by atoms with Crippen molar-refractivity contribution < 1.29 is 18.7 Å². The topological polar surface area (TPSA) is 56.5 Å². The smallest absolute Gasteiger partial charge is 0.315 e. The monoisotopic (exact) mass is 256 g/mol. The van der Waals surface area contributed by atoms with Gasteiger partial charge in [-0.2, -0.15) is 0 Å². The molecule has 4 heteroatoms. The first-order valence-corrected chi connectivity index (χ1v) is 6.12. The van der Waals surface area contributed by atoms with Crippen molar-refractivity contribution in [3.05, 3.63) is 41.7 Å². The van der Waals surface area contributed by atoms with Gasteiger partial charge >= 0.3 is 5.97 Å². The van der Waals surface area contributed by atoms with Gasteiger partial charge in [0.2, 0.25) is 0 Å². The van der Waals surface area contributed by atoms with Gasteiger partial charge in [-0.25, -0.2) is 0 Å². The molecule has 0 fully saturated rings. The molecular weight excluding hydrogens is 244 g/mol. The second kappa shape index (κ2) is 4.72. The van der Waals surface area contributed by atoms with Crippen molar-refractivity contribution in [2.24, 2.45) is 0 Å². The summed E-state index contributed by atoms with van der Waals surface area (Å²) in [5.41, 5.74) is 1.79. The molecule has 0 spiro atoms. The Bertz CT molecular complexity index is 639. The highest BCUT2D eigenvalue weighted by atomic mass is 16.5. The number of benzene rings is 1. The van der Waals surface area contributed by atoms with E-state index < -0.39 is 0 Å². The first kappa shape index (κ1) is 11.7. The number of ether oxygens (including phenoxy) is 1. The summed E-state index contributed by atoms with van der Waals surface area (Å²) < 4.78 is 10.7. The average Bonchev–Trinajstić information content (AvgIpc) is 3.00. The van der Waals surface area contributed by atoms with E-state index in [-0.39, 0.29) is 5.97 Å². The van der Waals surface area contributed by atoms with Crippen LogP contribution in [0.1, 0.15) is 17.7 Å². The van der Waals surface area contributed by atoms with Gasteiger partial charge < -0.3 is 13.9 Å². The maximum Gasteiger partial charge on any atom is 0.315 e.